The van der Waals surface area contributed by atoms with E-state index in [0.29, 0.717) is 16.8 Å². The first kappa shape index (κ1) is 17.5. The smallest absolute Gasteiger partial charge is 0.337 e. The zero-order chi connectivity index (χ0) is 17.7. The molecule has 0 aromatic heterocycles. The van der Waals surface area contributed by atoms with Crippen LogP contribution in [0, 0.1) is 6.92 Å². The molecule has 1 amide bonds. The molecule has 2 aromatic carbocycles. The Kier molecular flexibility index (Phi) is 5.58. The topological polar surface area (TPSA) is 64.6 Å². The van der Waals surface area contributed by atoms with Crippen molar-refractivity contribution in [2.45, 2.75) is 26.9 Å². The third-order valence-electron chi connectivity index (χ3n) is 3.38. The summed E-state index contributed by atoms with van der Waals surface area (Å²) in [4.78, 5) is 23.8. The van der Waals surface area contributed by atoms with Crippen LogP contribution in [-0.4, -0.2) is 25.1 Å². The van der Waals surface area contributed by atoms with Crippen LogP contribution in [0.25, 0.3) is 0 Å². The van der Waals surface area contributed by atoms with Crippen LogP contribution in [-0.2, 0) is 4.74 Å². The molecule has 0 fully saturated rings. The molecular weight excluding hydrogens is 306 g/mol. The van der Waals surface area contributed by atoms with E-state index in [1.807, 2.05) is 20.8 Å². The molecule has 0 spiro atoms. The predicted molar refractivity (Wildman–Crippen MR) is 92.7 cm³/mol. The van der Waals surface area contributed by atoms with Gasteiger partial charge in [0.15, 0.2) is 0 Å². The first-order valence-electron chi connectivity index (χ1n) is 7.67. The summed E-state index contributed by atoms with van der Waals surface area (Å²) in [6.07, 6.45) is 0.0839. The second-order valence-corrected chi connectivity index (χ2v) is 5.67. The van der Waals surface area contributed by atoms with Gasteiger partial charge in [0.1, 0.15) is 5.75 Å². The summed E-state index contributed by atoms with van der Waals surface area (Å²) in [7, 11) is 1.33. The number of ether oxygens (including phenoxy) is 2. The standard InChI is InChI=1S/C19H21NO4/c1-12(2)24-16-8-5-14(6-9-16)18(21)20-17-10-7-15(11-13(17)3)19(22)23-4/h5-12H,1-4H3,(H,20,21). The average molecular weight is 327 g/mol. The quantitative estimate of drug-likeness (QED) is 0.848. The van der Waals surface area contributed by atoms with Gasteiger partial charge < -0.3 is 14.8 Å². The lowest BCUT2D eigenvalue weighted by atomic mass is 10.1. The fraction of sp³-hybridized carbons (Fsp3) is 0.263. The Labute approximate surface area is 141 Å². The van der Waals surface area contributed by atoms with E-state index in [9.17, 15) is 9.59 Å². The lowest BCUT2D eigenvalue weighted by molar-refractivity contribution is 0.0600. The number of anilines is 1. The normalized spacial score (nSPS) is 10.4. The van der Waals surface area contributed by atoms with Gasteiger partial charge in [-0.1, -0.05) is 0 Å². The van der Waals surface area contributed by atoms with Gasteiger partial charge in [-0.05, 0) is 68.8 Å². The van der Waals surface area contributed by atoms with E-state index in [0.717, 1.165) is 11.3 Å². The minimum Gasteiger partial charge on any atom is -0.491 e. The van der Waals surface area contributed by atoms with Gasteiger partial charge in [-0.3, -0.25) is 4.79 Å². The van der Waals surface area contributed by atoms with Gasteiger partial charge in [0, 0.05) is 11.3 Å². The number of carbonyl (C=O) groups is 2. The summed E-state index contributed by atoms with van der Waals surface area (Å²) in [6, 6.07) is 11.9. The molecule has 5 heteroatoms. The van der Waals surface area contributed by atoms with Crippen LogP contribution in [0.1, 0.15) is 40.1 Å². The zero-order valence-corrected chi connectivity index (χ0v) is 14.3. The number of nitrogens with one attached hydrogen (secondary N) is 1. The van der Waals surface area contributed by atoms with Crippen molar-refractivity contribution < 1.29 is 19.1 Å². The second-order valence-electron chi connectivity index (χ2n) is 5.67. The Bertz CT molecular complexity index is 736. The SMILES string of the molecule is COC(=O)c1ccc(NC(=O)c2ccc(OC(C)C)cc2)c(C)c1. The summed E-state index contributed by atoms with van der Waals surface area (Å²) >= 11 is 0. The molecule has 5 nitrogen and oxygen atoms in total. The van der Waals surface area contributed by atoms with E-state index in [1.165, 1.54) is 7.11 Å². The molecule has 1 N–H and O–H groups in total. The molecule has 0 saturated heterocycles. The third kappa shape index (κ3) is 4.35. The van der Waals surface area contributed by atoms with Crippen LogP contribution in [0.15, 0.2) is 42.5 Å². The number of amides is 1. The Hall–Kier alpha value is -2.82. The van der Waals surface area contributed by atoms with E-state index in [-0.39, 0.29) is 12.0 Å². The fourth-order valence-corrected chi connectivity index (χ4v) is 2.20. The van der Waals surface area contributed by atoms with E-state index >= 15 is 0 Å². The number of hydrogen-bond donors (Lipinski definition) is 1. The number of methoxy groups -OCH3 is 1. The first-order valence-corrected chi connectivity index (χ1v) is 7.67. The van der Waals surface area contributed by atoms with Crippen molar-refractivity contribution in [1.82, 2.24) is 0 Å². The van der Waals surface area contributed by atoms with Crippen molar-refractivity contribution in [2.24, 2.45) is 0 Å². The average Bonchev–Trinajstić information content (AvgIpc) is 2.56. The molecule has 0 aliphatic rings. The summed E-state index contributed by atoms with van der Waals surface area (Å²) < 4.78 is 10.2. The molecule has 0 bridgehead atoms. The van der Waals surface area contributed by atoms with Gasteiger partial charge in [0.25, 0.3) is 5.91 Å². The van der Waals surface area contributed by atoms with Crippen LogP contribution in [0.3, 0.4) is 0 Å². The molecule has 126 valence electrons. The lowest BCUT2D eigenvalue weighted by Gasteiger charge is -2.11. The highest BCUT2D eigenvalue weighted by atomic mass is 16.5. The van der Waals surface area contributed by atoms with Gasteiger partial charge in [-0.25, -0.2) is 4.79 Å². The number of esters is 1. The number of benzene rings is 2. The second kappa shape index (κ2) is 7.64. The largest absolute Gasteiger partial charge is 0.491 e. The molecular formula is C19H21NO4. The molecule has 24 heavy (non-hydrogen) atoms. The maximum Gasteiger partial charge on any atom is 0.337 e. The molecule has 0 heterocycles. The zero-order valence-electron chi connectivity index (χ0n) is 14.3. The minimum atomic E-state index is -0.406. The highest BCUT2D eigenvalue weighted by Crippen LogP contribution is 2.19. The number of rotatable bonds is 5. The van der Waals surface area contributed by atoms with E-state index in [1.54, 1.807) is 42.5 Å². The third-order valence-corrected chi connectivity index (χ3v) is 3.38. The van der Waals surface area contributed by atoms with Gasteiger partial charge in [0.05, 0.1) is 18.8 Å². The van der Waals surface area contributed by atoms with E-state index < -0.39 is 5.97 Å². The summed E-state index contributed by atoms with van der Waals surface area (Å²) in [6.45, 7) is 5.71. The van der Waals surface area contributed by atoms with Crippen LogP contribution in [0.5, 0.6) is 5.75 Å². The maximum absolute atomic E-state index is 12.3. The van der Waals surface area contributed by atoms with Crippen molar-refractivity contribution in [1.29, 1.82) is 0 Å². The molecule has 0 aliphatic heterocycles. The van der Waals surface area contributed by atoms with E-state index in [4.69, 9.17) is 4.74 Å². The Balaban J connectivity index is 2.10. The van der Waals surface area contributed by atoms with Crippen molar-refractivity contribution >= 4 is 17.6 Å². The Morgan fingerprint density at radius 3 is 2.17 bits per heavy atom. The number of hydrogen-bond acceptors (Lipinski definition) is 4. The molecule has 0 unspecified atom stereocenters. The van der Waals surface area contributed by atoms with Gasteiger partial charge >= 0.3 is 5.97 Å². The maximum atomic E-state index is 12.3. The highest BCUT2D eigenvalue weighted by molar-refractivity contribution is 6.05. The summed E-state index contributed by atoms with van der Waals surface area (Å²) in [5, 5.41) is 2.84. The van der Waals surface area contributed by atoms with Crippen LogP contribution >= 0.6 is 0 Å². The Morgan fingerprint density at radius 2 is 1.62 bits per heavy atom. The molecule has 2 aromatic rings. The fourth-order valence-electron chi connectivity index (χ4n) is 2.20. The van der Waals surface area contributed by atoms with Crippen LogP contribution < -0.4 is 10.1 Å². The van der Waals surface area contributed by atoms with Crippen molar-refractivity contribution in [3.63, 3.8) is 0 Å². The van der Waals surface area contributed by atoms with Crippen LogP contribution in [0.4, 0.5) is 5.69 Å². The molecule has 0 radical (unpaired) electrons. The Morgan fingerprint density at radius 1 is 1.00 bits per heavy atom. The van der Waals surface area contributed by atoms with Gasteiger partial charge in [-0.15, -0.1) is 0 Å². The van der Waals surface area contributed by atoms with Crippen LogP contribution in [0.2, 0.25) is 0 Å². The summed E-state index contributed by atoms with van der Waals surface area (Å²) in [5.41, 5.74) is 2.41. The first-order chi connectivity index (χ1) is 11.4. The minimum absolute atomic E-state index is 0.0839. The number of aryl methyl sites for hydroxylation is 1. The molecule has 0 aliphatic carbocycles. The van der Waals surface area contributed by atoms with Crippen molar-refractivity contribution in [3.8, 4) is 5.75 Å². The summed E-state index contributed by atoms with van der Waals surface area (Å²) in [5.74, 6) is 0.0943. The predicted octanol–water partition coefficient (Wildman–Crippen LogP) is 3.82. The monoisotopic (exact) mass is 327 g/mol. The number of carbonyl (C=O) groups excluding carboxylic acids is 2. The molecule has 0 saturated carbocycles. The highest BCUT2D eigenvalue weighted by Gasteiger charge is 2.11. The van der Waals surface area contributed by atoms with Crippen molar-refractivity contribution in [3.05, 3.63) is 59.2 Å². The van der Waals surface area contributed by atoms with Crippen molar-refractivity contribution in [2.75, 3.05) is 12.4 Å². The molecule has 0 atom stereocenters. The van der Waals surface area contributed by atoms with Gasteiger partial charge in [-0.2, -0.15) is 0 Å². The lowest BCUT2D eigenvalue weighted by Crippen LogP contribution is -2.13. The molecule has 2 rings (SSSR count). The van der Waals surface area contributed by atoms with E-state index in [2.05, 4.69) is 10.1 Å². The van der Waals surface area contributed by atoms with Gasteiger partial charge in [0.2, 0.25) is 0 Å².